The predicted molar refractivity (Wildman–Crippen MR) is 69.7 cm³/mol. The molecule has 3 aliphatic rings. The number of rotatable bonds is 1. The van der Waals surface area contributed by atoms with Crippen LogP contribution in [0.2, 0.25) is 0 Å². The van der Waals surface area contributed by atoms with E-state index in [4.69, 9.17) is 9.47 Å². The van der Waals surface area contributed by atoms with Crippen LogP contribution in [0.15, 0.2) is 6.07 Å². The van der Waals surface area contributed by atoms with Gasteiger partial charge in [0.25, 0.3) is 0 Å². The lowest BCUT2D eigenvalue weighted by Gasteiger charge is -2.26. The molecule has 3 heterocycles. The fourth-order valence-corrected chi connectivity index (χ4v) is 3.56. The lowest BCUT2D eigenvalue weighted by Crippen LogP contribution is -2.27. The van der Waals surface area contributed by atoms with Gasteiger partial charge in [-0.3, -0.25) is 0 Å². The molecule has 1 aromatic rings. The summed E-state index contributed by atoms with van der Waals surface area (Å²) in [5, 5.41) is 3.45. The highest BCUT2D eigenvalue weighted by molar-refractivity contribution is 5.58. The van der Waals surface area contributed by atoms with Gasteiger partial charge in [-0.1, -0.05) is 0 Å². The Labute approximate surface area is 107 Å². The molecule has 0 saturated carbocycles. The van der Waals surface area contributed by atoms with Crippen molar-refractivity contribution in [1.29, 1.82) is 0 Å². The van der Waals surface area contributed by atoms with Crippen molar-refractivity contribution in [3.8, 4) is 11.5 Å². The van der Waals surface area contributed by atoms with Crippen LogP contribution in [0.3, 0.4) is 0 Å². The molecule has 0 aromatic heterocycles. The highest BCUT2D eigenvalue weighted by Crippen LogP contribution is 2.46. The number of ether oxygens (including phenoxy) is 2. The standard InChI is InChI=1S/C15H19NO2/c1-5-16-6-2-10(1)14-12-4-8-17-13(12)9-11-3-7-18-15(11)14/h9-10,16H,1-8H2. The normalized spacial score (nSPS) is 22.2. The summed E-state index contributed by atoms with van der Waals surface area (Å²) in [7, 11) is 0. The minimum atomic E-state index is 0.662. The highest BCUT2D eigenvalue weighted by atomic mass is 16.5. The zero-order valence-corrected chi connectivity index (χ0v) is 10.6. The van der Waals surface area contributed by atoms with Gasteiger partial charge in [0, 0.05) is 29.5 Å². The lowest BCUT2D eigenvalue weighted by molar-refractivity contribution is 0.345. The van der Waals surface area contributed by atoms with Crippen LogP contribution in [0, 0.1) is 0 Å². The van der Waals surface area contributed by atoms with Crippen LogP contribution in [0.25, 0.3) is 0 Å². The molecule has 0 bridgehead atoms. The maximum absolute atomic E-state index is 5.93. The van der Waals surface area contributed by atoms with E-state index in [1.807, 2.05) is 0 Å². The van der Waals surface area contributed by atoms with Gasteiger partial charge < -0.3 is 14.8 Å². The van der Waals surface area contributed by atoms with E-state index >= 15 is 0 Å². The van der Waals surface area contributed by atoms with Crippen molar-refractivity contribution in [3.63, 3.8) is 0 Å². The maximum Gasteiger partial charge on any atom is 0.126 e. The summed E-state index contributed by atoms with van der Waals surface area (Å²) in [6, 6.07) is 2.22. The Bertz CT molecular complexity index is 446. The third-order valence-electron chi connectivity index (χ3n) is 4.44. The second-order valence-electron chi connectivity index (χ2n) is 5.48. The van der Waals surface area contributed by atoms with E-state index in [0.717, 1.165) is 44.9 Å². The molecule has 4 rings (SSSR count). The lowest BCUT2D eigenvalue weighted by atomic mass is 9.84. The second kappa shape index (κ2) is 4.16. The van der Waals surface area contributed by atoms with Crippen molar-refractivity contribution >= 4 is 0 Å². The van der Waals surface area contributed by atoms with Gasteiger partial charge in [-0.2, -0.15) is 0 Å². The largest absolute Gasteiger partial charge is 0.493 e. The first-order chi connectivity index (χ1) is 8.93. The molecule has 1 aromatic carbocycles. The van der Waals surface area contributed by atoms with Crippen LogP contribution < -0.4 is 14.8 Å². The maximum atomic E-state index is 5.93. The third-order valence-corrected chi connectivity index (χ3v) is 4.44. The van der Waals surface area contributed by atoms with E-state index in [9.17, 15) is 0 Å². The molecular formula is C15H19NO2. The summed E-state index contributed by atoms with van der Waals surface area (Å²) < 4.78 is 11.7. The Hall–Kier alpha value is -1.22. The number of piperidine rings is 1. The molecule has 0 amide bonds. The first-order valence-electron chi connectivity index (χ1n) is 7.08. The molecule has 1 fully saturated rings. The van der Waals surface area contributed by atoms with E-state index in [1.165, 1.54) is 35.3 Å². The van der Waals surface area contributed by atoms with Crippen LogP contribution >= 0.6 is 0 Å². The molecule has 3 aliphatic heterocycles. The van der Waals surface area contributed by atoms with Crippen molar-refractivity contribution in [2.75, 3.05) is 26.3 Å². The molecule has 96 valence electrons. The van der Waals surface area contributed by atoms with Crippen LogP contribution in [0.1, 0.15) is 35.4 Å². The van der Waals surface area contributed by atoms with Gasteiger partial charge in [-0.15, -0.1) is 0 Å². The third kappa shape index (κ3) is 1.53. The molecule has 3 heteroatoms. The zero-order chi connectivity index (χ0) is 11.9. The zero-order valence-electron chi connectivity index (χ0n) is 10.6. The summed E-state index contributed by atoms with van der Waals surface area (Å²) in [5.41, 5.74) is 4.28. The van der Waals surface area contributed by atoms with Crippen molar-refractivity contribution in [1.82, 2.24) is 5.32 Å². The number of benzene rings is 1. The van der Waals surface area contributed by atoms with Gasteiger partial charge in [-0.05, 0) is 37.9 Å². The Balaban J connectivity index is 1.84. The number of hydrogen-bond donors (Lipinski definition) is 1. The number of hydrogen-bond acceptors (Lipinski definition) is 3. The van der Waals surface area contributed by atoms with Crippen LogP contribution in [0.4, 0.5) is 0 Å². The second-order valence-corrected chi connectivity index (χ2v) is 5.48. The number of fused-ring (bicyclic) bond motifs is 2. The number of nitrogens with one attached hydrogen (secondary N) is 1. The minimum absolute atomic E-state index is 0.662. The van der Waals surface area contributed by atoms with Gasteiger partial charge >= 0.3 is 0 Å². The quantitative estimate of drug-likeness (QED) is 0.821. The summed E-state index contributed by atoms with van der Waals surface area (Å²) in [4.78, 5) is 0. The SMILES string of the molecule is c1c2c(c(C3CCNCC3)c3c1OCC3)OCC2. The molecule has 1 N–H and O–H groups in total. The van der Waals surface area contributed by atoms with Crippen molar-refractivity contribution in [2.45, 2.75) is 31.6 Å². The molecule has 0 aliphatic carbocycles. The molecule has 0 radical (unpaired) electrons. The fourth-order valence-electron chi connectivity index (χ4n) is 3.56. The fraction of sp³-hybridized carbons (Fsp3) is 0.600. The molecular weight excluding hydrogens is 226 g/mol. The average Bonchev–Trinajstić information content (AvgIpc) is 3.04. The monoisotopic (exact) mass is 245 g/mol. The van der Waals surface area contributed by atoms with Gasteiger partial charge in [0.15, 0.2) is 0 Å². The van der Waals surface area contributed by atoms with Crippen molar-refractivity contribution < 1.29 is 9.47 Å². The first-order valence-corrected chi connectivity index (χ1v) is 7.08. The molecule has 3 nitrogen and oxygen atoms in total. The van der Waals surface area contributed by atoms with Crippen LogP contribution in [-0.4, -0.2) is 26.3 Å². The molecule has 18 heavy (non-hydrogen) atoms. The Morgan fingerprint density at radius 1 is 1.06 bits per heavy atom. The van der Waals surface area contributed by atoms with Gasteiger partial charge in [0.05, 0.1) is 13.2 Å². The van der Waals surface area contributed by atoms with Gasteiger partial charge in [0.2, 0.25) is 0 Å². The van der Waals surface area contributed by atoms with Gasteiger partial charge in [-0.25, -0.2) is 0 Å². The highest BCUT2D eigenvalue weighted by Gasteiger charge is 2.31. The van der Waals surface area contributed by atoms with Crippen LogP contribution in [0.5, 0.6) is 11.5 Å². The summed E-state index contributed by atoms with van der Waals surface area (Å²) in [6.45, 7) is 3.94. The summed E-state index contributed by atoms with van der Waals surface area (Å²) >= 11 is 0. The van der Waals surface area contributed by atoms with E-state index < -0.39 is 0 Å². The predicted octanol–water partition coefficient (Wildman–Crippen LogP) is 2.02. The summed E-state index contributed by atoms with van der Waals surface area (Å²) in [5.74, 6) is 2.99. The minimum Gasteiger partial charge on any atom is -0.493 e. The Morgan fingerprint density at radius 2 is 1.89 bits per heavy atom. The van der Waals surface area contributed by atoms with E-state index in [2.05, 4.69) is 11.4 Å². The van der Waals surface area contributed by atoms with Crippen molar-refractivity contribution in [2.24, 2.45) is 0 Å². The van der Waals surface area contributed by atoms with E-state index in [0.29, 0.717) is 5.92 Å². The summed E-state index contributed by atoms with van der Waals surface area (Å²) in [6.07, 6.45) is 4.56. The average molecular weight is 245 g/mol. The Morgan fingerprint density at radius 3 is 2.78 bits per heavy atom. The van der Waals surface area contributed by atoms with E-state index in [1.54, 1.807) is 0 Å². The van der Waals surface area contributed by atoms with E-state index in [-0.39, 0.29) is 0 Å². The topological polar surface area (TPSA) is 30.5 Å². The Kier molecular flexibility index (Phi) is 2.47. The van der Waals surface area contributed by atoms with Gasteiger partial charge in [0.1, 0.15) is 11.5 Å². The van der Waals surface area contributed by atoms with Crippen molar-refractivity contribution in [3.05, 3.63) is 22.8 Å². The molecule has 1 saturated heterocycles. The molecule has 0 unspecified atom stereocenters. The first kappa shape index (κ1) is 10.7. The molecule has 0 spiro atoms. The smallest absolute Gasteiger partial charge is 0.126 e. The molecule has 0 atom stereocenters. The van der Waals surface area contributed by atoms with Crippen LogP contribution in [-0.2, 0) is 12.8 Å².